The molecule has 0 aliphatic heterocycles. The molecule has 0 unspecified atom stereocenters. The Kier molecular flexibility index (Phi) is 5.98. The Morgan fingerprint density at radius 3 is 2.22 bits per heavy atom. The molecule has 0 spiro atoms. The highest BCUT2D eigenvalue weighted by molar-refractivity contribution is 7.13. The van der Waals surface area contributed by atoms with E-state index in [1.165, 1.54) is 5.56 Å². The van der Waals surface area contributed by atoms with Gasteiger partial charge in [-0.3, -0.25) is 9.59 Å². The summed E-state index contributed by atoms with van der Waals surface area (Å²) in [6, 6.07) is 15.5. The van der Waals surface area contributed by atoms with E-state index in [0.29, 0.717) is 18.7 Å². The van der Waals surface area contributed by atoms with Crippen molar-refractivity contribution in [1.29, 1.82) is 0 Å². The largest absolute Gasteiger partial charge is 0.347 e. The smallest absolute Gasteiger partial charge is 0.313 e. The molecule has 2 amide bonds. The van der Waals surface area contributed by atoms with Crippen molar-refractivity contribution in [3.05, 3.63) is 70.7 Å². The number of amides is 2. The summed E-state index contributed by atoms with van der Waals surface area (Å²) in [6.07, 6.45) is 0.575. The van der Waals surface area contributed by atoms with Crippen molar-refractivity contribution in [2.75, 3.05) is 11.9 Å². The number of thiazole rings is 1. The number of nitrogens with zero attached hydrogens (tertiary/aromatic N) is 1. The molecule has 1 heterocycles. The molecule has 138 valence electrons. The summed E-state index contributed by atoms with van der Waals surface area (Å²) < 4.78 is 0. The maximum absolute atomic E-state index is 11.9. The third kappa shape index (κ3) is 5.24. The van der Waals surface area contributed by atoms with E-state index < -0.39 is 11.8 Å². The van der Waals surface area contributed by atoms with Crippen LogP contribution in [0.5, 0.6) is 0 Å². The summed E-state index contributed by atoms with van der Waals surface area (Å²) in [4.78, 5) is 28.4. The van der Waals surface area contributed by atoms with Crippen LogP contribution in [0.3, 0.4) is 0 Å². The van der Waals surface area contributed by atoms with Crippen LogP contribution in [0, 0.1) is 13.8 Å². The first-order valence-electron chi connectivity index (χ1n) is 8.68. The molecule has 0 saturated heterocycles. The summed E-state index contributed by atoms with van der Waals surface area (Å²) in [7, 11) is 0. The van der Waals surface area contributed by atoms with E-state index in [0.717, 1.165) is 21.8 Å². The Morgan fingerprint density at radius 1 is 0.926 bits per heavy atom. The van der Waals surface area contributed by atoms with E-state index >= 15 is 0 Å². The zero-order valence-corrected chi connectivity index (χ0v) is 16.1. The van der Waals surface area contributed by atoms with Gasteiger partial charge in [0.1, 0.15) is 5.01 Å². The first-order valence-corrected chi connectivity index (χ1v) is 9.56. The molecule has 0 atom stereocenters. The zero-order chi connectivity index (χ0) is 19.2. The van der Waals surface area contributed by atoms with E-state index in [9.17, 15) is 9.59 Å². The van der Waals surface area contributed by atoms with Crippen LogP contribution in [0.1, 0.15) is 16.8 Å². The van der Waals surface area contributed by atoms with Gasteiger partial charge in [0.2, 0.25) is 0 Å². The molecule has 1 aromatic heterocycles. The van der Waals surface area contributed by atoms with Gasteiger partial charge in [-0.05, 0) is 26.0 Å². The van der Waals surface area contributed by atoms with Crippen LogP contribution >= 0.6 is 11.3 Å². The van der Waals surface area contributed by atoms with E-state index in [-0.39, 0.29) is 0 Å². The van der Waals surface area contributed by atoms with Gasteiger partial charge >= 0.3 is 11.8 Å². The topological polar surface area (TPSA) is 71.1 Å². The summed E-state index contributed by atoms with van der Waals surface area (Å²) in [5, 5.41) is 8.15. The SMILES string of the molecule is Cc1ccc(NC(=O)C(=O)NCCc2csc(-c3ccc(C)cc3)n2)cc1. The molecule has 0 fully saturated rings. The van der Waals surface area contributed by atoms with Crippen molar-refractivity contribution in [3.63, 3.8) is 0 Å². The van der Waals surface area contributed by atoms with Gasteiger partial charge in [0.25, 0.3) is 0 Å². The second-order valence-corrected chi connectivity index (χ2v) is 7.19. The molecule has 2 aromatic carbocycles. The molecule has 0 radical (unpaired) electrons. The van der Waals surface area contributed by atoms with E-state index in [1.807, 2.05) is 24.4 Å². The average Bonchev–Trinajstić information content (AvgIpc) is 3.13. The zero-order valence-electron chi connectivity index (χ0n) is 15.3. The van der Waals surface area contributed by atoms with Gasteiger partial charge in [0.05, 0.1) is 5.69 Å². The maximum Gasteiger partial charge on any atom is 0.313 e. The van der Waals surface area contributed by atoms with Crippen LogP contribution in [-0.2, 0) is 16.0 Å². The normalized spacial score (nSPS) is 10.4. The fraction of sp³-hybridized carbons (Fsp3) is 0.190. The van der Waals surface area contributed by atoms with Gasteiger partial charge in [-0.2, -0.15) is 0 Å². The quantitative estimate of drug-likeness (QED) is 0.664. The molecule has 0 aliphatic rings. The number of anilines is 1. The highest BCUT2D eigenvalue weighted by Gasteiger charge is 2.13. The lowest BCUT2D eigenvalue weighted by Gasteiger charge is -2.06. The molecule has 0 bridgehead atoms. The number of hydrogen-bond donors (Lipinski definition) is 2. The molecule has 5 nitrogen and oxygen atoms in total. The van der Waals surface area contributed by atoms with Crippen molar-refractivity contribution in [1.82, 2.24) is 10.3 Å². The summed E-state index contributed by atoms with van der Waals surface area (Å²) >= 11 is 1.57. The standard InChI is InChI=1S/C21H21N3O2S/c1-14-3-7-16(8-4-14)21-24-18(13-27-21)11-12-22-19(25)20(26)23-17-9-5-15(2)6-10-17/h3-10,13H,11-12H2,1-2H3,(H,22,25)(H,23,26). The predicted octanol–water partition coefficient (Wildman–Crippen LogP) is 3.72. The van der Waals surface area contributed by atoms with Crippen LogP contribution < -0.4 is 10.6 Å². The lowest BCUT2D eigenvalue weighted by atomic mass is 10.2. The van der Waals surface area contributed by atoms with Crippen LogP contribution in [0.2, 0.25) is 0 Å². The highest BCUT2D eigenvalue weighted by atomic mass is 32.1. The monoisotopic (exact) mass is 379 g/mol. The minimum Gasteiger partial charge on any atom is -0.347 e. The Hall–Kier alpha value is -2.99. The molecule has 0 saturated carbocycles. The lowest BCUT2D eigenvalue weighted by molar-refractivity contribution is -0.136. The minimum atomic E-state index is -0.669. The number of carbonyl (C=O) groups excluding carboxylic acids is 2. The number of aryl methyl sites for hydroxylation is 2. The highest BCUT2D eigenvalue weighted by Crippen LogP contribution is 2.24. The van der Waals surface area contributed by atoms with Gasteiger partial charge < -0.3 is 10.6 Å². The maximum atomic E-state index is 11.9. The molecule has 6 heteroatoms. The Bertz CT molecular complexity index is 931. The molecular weight excluding hydrogens is 358 g/mol. The van der Waals surface area contributed by atoms with Gasteiger partial charge in [-0.25, -0.2) is 4.98 Å². The van der Waals surface area contributed by atoms with Crippen molar-refractivity contribution in [2.45, 2.75) is 20.3 Å². The number of nitrogens with one attached hydrogen (secondary N) is 2. The summed E-state index contributed by atoms with van der Waals surface area (Å²) in [6.45, 7) is 4.37. The molecule has 0 aliphatic carbocycles. The van der Waals surface area contributed by atoms with Crippen LogP contribution in [0.15, 0.2) is 53.9 Å². The second-order valence-electron chi connectivity index (χ2n) is 6.34. The van der Waals surface area contributed by atoms with Gasteiger partial charge in [0.15, 0.2) is 0 Å². The van der Waals surface area contributed by atoms with Crippen molar-refractivity contribution in [3.8, 4) is 10.6 Å². The number of aromatic nitrogens is 1. The number of carbonyl (C=O) groups is 2. The van der Waals surface area contributed by atoms with Gasteiger partial charge in [-0.15, -0.1) is 11.3 Å². The molecule has 2 N–H and O–H groups in total. The van der Waals surface area contributed by atoms with Crippen LogP contribution in [0.4, 0.5) is 5.69 Å². The first-order chi connectivity index (χ1) is 13.0. The molecule has 27 heavy (non-hydrogen) atoms. The molecular formula is C21H21N3O2S. The third-order valence-electron chi connectivity index (χ3n) is 4.03. The van der Waals surface area contributed by atoms with E-state index in [2.05, 4.69) is 46.8 Å². The fourth-order valence-electron chi connectivity index (χ4n) is 2.46. The second kappa shape index (κ2) is 8.60. The van der Waals surface area contributed by atoms with E-state index in [1.54, 1.807) is 23.5 Å². The minimum absolute atomic E-state index is 0.358. The Balaban J connectivity index is 1.48. The number of benzene rings is 2. The van der Waals surface area contributed by atoms with Crippen molar-refractivity contribution < 1.29 is 9.59 Å². The Labute approximate surface area is 162 Å². The van der Waals surface area contributed by atoms with Gasteiger partial charge in [0, 0.05) is 29.6 Å². The summed E-state index contributed by atoms with van der Waals surface area (Å²) in [5.41, 5.74) is 4.88. The average molecular weight is 379 g/mol. The first kappa shape index (κ1) is 18.8. The third-order valence-corrected chi connectivity index (χ3v) is 4.97. The molecule has 3 aromatic rings. The van der Waals surface area contributed by atoms with Crippen molar-refractivity contribution in [2.24, 2.45) is 0 Å². The number of rotatable bonds is 5. The Morgan fingerprint density at radius 2 is 1.56 bits per heavy atom. The summed E-state index contributed by atoms with van der Waals surface area (Å²) in [5.74, 6) is -1.32. The van der Waals surface area contributed by atoms with Crippen LogP contribution in [-0.4, -0.2) is 23.3 Å². The predicted molar refractivity (Wildman–Crippen MR) is 109 cm³/mol. The number of hydrogen-bond acceptors (Lipinski definition) is 4. The fourth-order valence-corrected chi connectivity index (χ4v) is 3.32. The molecule has 3 rings (SSSR count). The van der Waals surface area contributed by atoms with Gasteiger partial charge in [-0.1, -0.05) is 47.5 Å². The lowest BCUT2D eigenvalue weighted by Crippen LogP contribution is -2.36. The van der Waals surface area contributed by atoms with E-state index in [4.69, 9.17) is 0 Å². The van der Waals surface area contributed by atoms with Crippen LogP contribution in [0.25, 0.3) is 10.6 Å². The van der Waals surface area contributed by atoms with Crippen molar-refractivity contribution >= 4 is 28.8 Å².